The summed E-state index contributed by atoms with van der Waals surface area (Å²) >= 11 is 7.12. The van der Waals surface area contributed by atoms with Crippen molar-refractivity contribution in [3.05, 3.63) is 47.5 Å². The molecule has 0 spiro atoms. The van der Waals surface area contributed by atoms with E-state index < -0.39 is 0 Å². The van der Waals surface area contributed by atoms with Gasteiger partial charge in [-0.15, -0.1) is 11.8 Å². The Morgan fingerprint density at radius 2 is 1.83 bits per heavy atom. The molecule has 0 saturated heterocycles. The van der Waals surface area contributed by atoms with Crippen LogP contribution in [0, 0.1) is 0 Å². The zero-order valence-electron chi connectivity index (χ0n) is 12.8. The minimum Gasteiger partial charge on any atom is -0.493 e. The average molecular weight is 348 g/mol. The minimum absolute atomic E-state index is 0.288. The van der Waals surface area contributed by atoms with E-state index in [4.69, 9.17) is 31.2 Å². The maximum atomic E-state index is 5.52. The molecule has 23 heavy (non-hydrogen) atoms. The summed E-state index contributed by atoms with van der Waals surface area (Å²) in [5.74, 6) is 3.72. The van der Waals surface area contributed by atoms with Gasteiger partial charge in [-0.2, -0.15) is 0 Å². The second-order valence-electron chi connectivity index (χ2n) is 4.83. The van der Waals surface area contributed by atoms with Crippen LogP contribution in [0.1, 0.15) is 11.1 Å². The van der Waals surface area contributed by atoms with Gasteiger partial charge in [0.25, 0.3) is 0 Å². The van der Waals surface area contributed by atoms with E-state index in [1.165, 1.54) is 0 Å². The van der Waals surface area contributed by atoms with Crippen LogP contribution in [0.15, 0.2) is 36.4 Å². The van der Waals surface area contributed by atoms with Gasteiger partial charge in [0.2, 0.25) is 6.79 Å². The summed E-state index contributed by atoms with van der Waals surface area (Å²) in [7, 11) is 3.23. The van der Waals surface area contributed by atoms with Gasteiger partial charge in [-0.1, -0.05) is 18.3 Å². The molecule has 0 aliphatic carbocycles. The molecule has 4 nitrogen and oxygen atoms in total. The molecule has 0 saturated carbocycles. The highest BCUT2D eigenvalue weighted by atomic mass is 32.2. The van der Waals surface area contributed by atoms with Crippen LogP contribution in [0.2, 0.25) is 0 Å². The number of hydrogen-bond donors (Lipinski definition) is 0. The molecule has 0 atom stereocenters. The quantitative estimate of drug-likeness (QED) is 0.759. The zero-order valence-corrected chi connectivity index (χ0v) is 14.5. The highest BCUT2D eigenvalue weighted by Crippen LogP contribution is 2.34. The Morgan fingerprint density at radius 1 is 1.04 bits per heavy atom. The largest absolute Gasteiger partial charge is 0.493 e. The van der Waals surface area contributed by atoms with E-state index in [1.807, 2.05) is 36.4 Å². The molecular weight excluding hydrogens is 332 g/mol. The summed E-state index contributed by atoms with van der Waals surface area (Å²) in [6.07, 6.45) is 0. The van der Waals surface area contributed by atoms with Crippen LogP contribution in [0.5, 0.6) is 23.0 Å². The first-order chi connectivity index (χ1) is 11.2. The van der Waals surface area contributed by atoms with E-state index >= 15 is 0 Å². The fraction of sp³-hybridized carbons (Fsp3) is 0.235. The second kappa shape index (κ2) is 7.10. The third-order valence-corrected chi connectivity index (χ3v) is 4.99. The van der Waals surface area contributed by atoms with Gasteiger partial charge in [-0.25, -0.2) is 0 Å². The number of ether oxygens (including phenoxy) is 4. The molecule has 0 bridgehead atoms. The van der Waals surface area contributed by atoms with Crippen LogP contribution >= 0.6 is 24.0 Å². The van der Waals surface area contributed by atoms with Gasteiger partial charge >= 0.3 is 0 Å². The Balaban J connectivity index is 1.67. The Morgan fingerprint density at radius 3 is 2.61 bits per heavy atom. The lowest BCUT2D eigenvalue weighted by molar-refractivity contribution is 0.174. The van der Waals surface area contributed by atoms with Gasteiger partial charge < -0.3 is 18.9 Å². The van der Waals surface area contributed by atoms with Crippen LogP contribution in [-0.4, -0.2) is 25.2 Å². The van der Waals surface area contributed by atoms with Crippen LogP contribution in [0.25, 0.3) is 0 Å². The first kappa shape index (κ1) is 16.0. The van der Waals surface area contributed by atoms with Gasteiger partial charge in [0.15, 0.2) is 23.0 Å². The van der Waals surface area contributed by atoms with Crippen LogP contribution in [0.4, 0.5) is 0 Å². The van der Waals surface area contributed by atoms with Crippen molar-refractivity contribution in [2.75, 3.05) is 21.0 Å². The molecule has 0 amide bonds. The molecule has 3 rings (SSSR count). The van der Waals surface area contributed by atoms with Crippen molar-refractivity contribution < 1.29 is 18.9 Å². The fourth-order valence-corrected chi connectivity index (χ4v) is 3.30. The van der Waals surface area contributed by atoms with E-state index in [0.717, 1.165) is 32.6 Å². The average Bonchev–Trinajstić information content (AvgIpc) is 3.06. The van der Waals surface area contributed by atoms with E-state index in [-0.39, 0.29) is 6.79 Å². The molecule has 1 aliphatic rings. The molecule has 0 aromatic heterocycles. The minimum atomic E-state index is 0.288. The molecule has 0 unspecified atom stereocenters. The van der Waals surface area contributed by atoms with Crippen LogP contribution in [0.3, 0.4) is 0 Å². The molecule has 2 aromatic carbocycles. The SMILES string of the molecule is COc1ccc(C(=S)SCc2ccc3c(c2)OCO3)cc1OC. The fourth-order valence-electron chi connectivity index (χ4n) is 2.23. The first-order valence-corrected chi connectivity index (χ1v) is 8.38. The standard InChI is InChI=1S/C17H16O4S2/c1-18-13-6-4-12(8-15(13)19-2)17(22)23-9-11-3-5-14-16(7-11)21-10-20-14/h3-8H,9-10H2,1-2H3. The van der Waals surface area contributed by atoms with Gasteiger partial charge in [0.1, 0.15) is 0 Å². The monoisotopic (exact) mass is 348 g/mol. The molecule has 1 aliphatic heterocycles. The van der Waals surface area contributed by atoms with Gasteiger partial charge in [0, 0.05) is 11.3 Å². The predicted octanol–water partition coefficient (Wildman–Crippen LogP) is 4.04. The van der Waals surface area contributed by atoms with Crippen molar-refractivity contribution in [2.45, 2.75) is 5.75 Å². The highest BCUT2D eigenvalue weighted by molar-refractivity contribution is 8.23. The molecule has 0 radical (unpaired) electrons. The Kier molecular flexibility index (Phi) is 4.93. The van der Waals surface area contributed by atoms with E-state index in [1.54, 1.807) is 26.0 Å². The summed E-state index contributed by atoms with van der Waals surface area (Å²) in [6, 6.07) is 11.6. The van der Waals surface area contributed by atoms with Crippen molar-refractivity contribution in [3.63, 3.8) is 0 Å². The second-order valence-corrected chi connectivity index (χ2v) is 6.49. The van der Waals surface area contributed by atoms with Crippen molar-refractivity contribution >= 4 is 28.2 Å². The normalized spacial score (nSPS) is 12.1. The number of rotatable bonds is 5. The smallest absolute Gasteiger partial charge is 0.231 e. The van der Waals surface area contributed by atoms with Crippen molar-refractivity contribution in [1.82, 2.24) is 0 Å². The van der Waals surface area contributed by atoms with Gasteiger partial charge in [-0.05, 0) is 35.9 Å². The molecule has 0 fully saturated rings. The Bertz CT molecular complexity index is 731. The Labute approximate surface area is 144 Å². The zero-order chi connectivity index (χ0) is 16.2. The lowest BCUT2D eigenvalue weighted by Crippen LogP contribution is -1.96. The summed E-state index contributed by atoms with van der Waals surface area (Å²) in [4.78, 5) is 0. The highest BCUT2D eigenvalue weighted by Gasteiger charge is 2.14. The van der Waals surface area contributed by atoms with Gasteiger partial charge in [-0.3, -0.25) is 0 Å². The van der Waals surface area contributed by atoms with E-state index in [2.05, 4.69) is 0 Å². The summed E-state index contributed by atoms with van der Waals surface area (Å²) < 4.78 is 22.1. The van der Waals surface area contributed by atoms with E-state index in [0.29, 0.717) is 11.5 Å². The molecule has 1 heterocycles. The lowest BCUT2D eigenvalue weighted by atomic mass is 10.2. The maximum Gasteiger partial charge on any atom is 0.231 e. The Hall–Kier alpha value is -1.92. The van der Waals surface area contributed by atoms with Crippen molar-refractivity contribution in [2.24, 2.45) is 0 Å². The molecule has 2 aromatic rings. The summed E-state index contributed by atoms with van der Waals surface area (Å²) in [5, 5.41) is 0. The molecule has 0 N–H and O–H groups in total. The summed E-state index contributed by atoms with van der Waals surface area (Å²) in [5.41, 5.74) is 2.09. The molecule has 120 valence electrons. The predicted molar refractivity (Wildman–Crippen MR) is 95.1 cm³/mol. The number of methoxy groups -OCH3 is 2. The third-order valence-electron chi connectivity index (χ3n) is 3.43. The lowest BCUT2D eigenvalue weighted by Gasteiger charge is -2.10. The first-order valence-electron chi connectivity index (χ1n) is 6.99. The maximum absolute atomic E-state index is 5.52. The number of thioether (sulfide) groups is 1. The number of fused-ring (bicyclic) bond motifs is 1. The van der Waals surface area contributed by atoms with Crippen LogP contribution < -0.4 is 18.9 Å². The number of hydrogen-bond acceptors (Lipinski definition) is 6. The topological polar surface area (TPSA) is 36.9 Å². The molecule has 6 heteroatoms. The van der Waals surface area contributed by atoms with Gasteiger partial charge in [0.05, 0.1) is 18.4 Å². The molecular formula is C17H16O4S2. The van der Waals surface area contributed by atoms with Crippen molar-refractivity contribution in [3.8, 4) is 23.0 Å². The third kappa shape index (κ3) is 3.54. The van der Waals surface area contributed by atoms with Crippen molar-refractivity contribution in [1.29, 1.82) is 0 Å². The number of benzene rings is 2. The van der Waals surface area contributed by atoms with Crippen LogP contribution in [-0.2, 0) is 5.75 Å². The number of thiocarbonyl (C=S) groups is 1. The summed E-state index contributed by atoms with van der Waals surface area (Å²) in [6.45, 7) is 0.288. The van der Waals surface area contributed by atoms with E-state index in [9.17, 15) is 0 Å².